The van der Waals surface area contributed by atoms with Crippen LogP contribution in [0.2, 0.25) is 0 Å². The van der Waals surface area contributed by atoms with Gasteiger partial charge in [-0.15, -0.1) is 0 Å². The number of nitrogens with zero attached hydrogens (tertiary/aromatic N) is 1. The Morgan fingerprint density at radius 2 is 0.948 bits per heavy atom. The van der Waals surface area contributed by atoms with Gasteiger partial charge >= 0.3 is 11.9 Å². The van der Waals surface area contributed by atoms with Crippen LogP contribution in [0, 0.1) is 0 Å². The number of phosphoric acid groups is 1. The predicted octanol–water partition coefficient (Wildman–Crippen LogP) is 11.7. The van der Waals surface area contributed by atoms with Gasteiger partial charge in [0.15, 0.2) is 6.10 Å². The van der Waals surface area contributed by atoms with Crippen molar-refractivity contribution in [1.29, 1.82) is 0 Å². The largest absolute Gasteiger partial charge is 0.756 e. The molecule has 0 aromatic carbocycles. The van der Waals surface area contributed by atoms with Crippen molar-refractivity contribution in [3.8, 4) is 0 Å². The minimum absolute atomic E-state index is 0.0526. The molecule has 0 spiro atoms. The lowest BCUT2D eigenvalue weighted by atomic mass is 10.1. The van der Waals surface area contributed by atoms with Gasteiger partial charge < -0.3 is 27.9 Å². The number of ether oxygens (including phenoxy) is 2. The highest BCUT2D eigenvalue weighted by molar-refractivity contribution is 7.45. The van der Waals surface area contributed by atoms with Gasteiger partial charge in [0, 0.05) is 12.8 Å². The summed E-state index contributed by atoms with van der Waals surface area (Å²) in [6.45, 7) is 3.87. The van der Waals surface area contributed by atoms with Gasteiger partial charge in [-0.2, -0.15) is 0 Å². The number of carbonyl (C=O) groups is 2. The average molecular weight is 828 g/mol. The molecule has 0 aliphatic rings. The first-order valence-corrected chi connectivity index (χ1v) is 23.1. The van der Waals surface area contributed by atoms with Gasteiger partial charge in [0.25, 0.3) is 7.82 Å². The molecule has 0 radical (unpaired) electrons. The van der Waals surface area contributed by atoms with E-state index in [4.69, 9.17) is 18.5 Å². The van der Waals surface area contributed by atoms with Gasteiger partial charge in [-0.3, -0.25) is 14.2 Å². The van der Waals surface area contributed by atoms with Crippen molar-refractivity contribution in [3.63, 3.8) is 0 Å². The summed E-state index contributed by atoms with van der Waals surface area (Å²) >= 11 is 0. The molecule has 0 amide bonds. The molecule has 0 aromatic heterocycles. The van der Waals surface area contributed by atoms with Crippen molar-refractivity contribution < 1.29 is 42.1 Å². The number of unbranched alkanes of at least 4 members (excludes halogenated alkanes) is 5. The molecular weight excluding hydrogens is 750 g/mol. The number of allylic oxidation sites excluding steroid dienone is 18. The lowest BCUT2D eigenvalue weighted by Gasteiger charge is -2.28. The fourth-order valence-corrected chi connectivity index (χ4v) is 5.70. The maximum atomic E-state index is 12.7. The van der Waals surface area contributed by atoms with E-state index in [9.17, 15) is 19.0 Å². The molecule has 0 aromatic rings. The monoisotopic (exact) mass is 828 g/mol. The van der Waals surface area contributed by atoms with E-state index in [1.54, 1.807) is 0 Å². The molecule has 0 bridgehead atoms. The van der Waals surface area contributed by atoms with Crippen molar-refractivity contribution in [2.24, 2.45) is 0 Å². The molecule has 0 N–H and O–H groups in total. The number of hydrogen-bond acceptors (Lipinski definition) is 8. The van der Waals surface area contributed by atoms with Crippen LogP contribution >= 0.6 is 7.82 Å². The Hall–Kier alpha value is -3.33. The molecule has 0 aliphatic heterocycles. The van der Waals surface area contributed by atoms with Crippen LogP contribution in [0.3, 0.4) is 0 Å². The Kier molecular flexibility index (Phi) is 36.9. The van der Waals surface area contributed by atoms with Gasteiger partial charge in [-0.25, -0.2) is 0 Å². The summed E-state index contributed by atoms with van der Waals surface area (Å²) < 4.78 is 33.8. The Bertz CT molecular complexity index is 1350. The highest BCUT2D eigenvalue weighted by Crippen LogP contribution is 2.38. The number of hydrogen-bond donors (Lipinski definition) is 0. The van der Waals surface area contributed by atoms with Crippen LogP contribution in [0.25, 0.3) is 0 Å². The van der Waals surface area contributed by atoms with E-state index in [2.05, 4.69) is 117 Å². The van der Waals surface area contributed by atoms with Crippen LogP contribution in [0.1, 0.15) is 129 Å². The molecule has 58 heavy (non-hydrogen) atoms. The van der Waals surface area contributed by atoms with Crippen molar-refractivity contribution in [2.75, 3.05) is 47.5 Å². The molecule has 0 rings (SSSR count). The summed E-state index contributed by atoms with van der Waals surface area (Å²) in [6.07, 6.45) is 52.7. The summed E-state index contributed by atoms with van der Waals surface area (Å²) in [5, 5.41) is 0. The first-order chi connectivity index (χ1) is 28.0. The lowest BCUT2D eigenvalue weighted by Crippen LogP contribution is -2.37. The highest BCUT2D eigenvalue weighted by atomic mass is 31.2. The quantitative estimate of drug-likeness (QED) is 0.0200. The van der Waals surface area contributed by atoms with Gasteiger partial charge in [0.05, 0.1) is 27.7 Å². The molecule has 2 atom stereocenters. The molecule has 0 fully saturated rings. The molecule has 0 saturated heterocycles. The van der Waals surface area contributed by atoms with Gasteiger partial charge in [0.2, 0.25) is 0 Å². The standard InChI is InChI=1S/C48H78NO8P/c1-6-8-10-12-14-16-18-20-22-24-26-28-30-32-34-36-38-40-47(50)54-44-46(45-56-58(52,53)55-43-42-49(3,4)5)57-48(51)41-39-37-35-33-31-29-27-25-23-21-19-17-15-13-11-9-7-2/h8-11,14-17,20-23,26-29,33,35,46H,6-7,12-13,18-19,24-25,30-32,34,36-45H2,1-5H3/b10-8-,11-9-,16-14-,17-15-,22-20-,23-21-,28-26-,29-27-,35-33-. The number of phosphoric ester groups is 1. The van der Waals surface area contributed by atoms with E-state index < -0.39 is 32.5 Å². The van der Waals surface area contributed by atoms with Crippen molar-refractivity contribution in [3.05, 3.63) is 109 Å². The molecule has 328 valence electrons. The number of carbonyl (C=O) groups excluding carboxylic acids is 2. The van der Waals surface area contributed by atoms with Gasteiger partial charge in [-0.1, -0.05) is 136 Å². The first kappa shape index (κ1) is 54.7. The third-order valence-corrected chi connectivity index (χ3v) is 9.25. The summed E-state index contributed by atoms with van der Waals surface area (Å²) in [4.78, 5) is 37.5. The molecule has 10 heteroatoms. The number of rotatable bonds is 37. The second-order valence-electron chi connectivity index (χ2n) is 14.9. The smallest absolute Gasteiger partial charge is 0.306 e. The predicted molar refractivity (Wildman–Crippen MR) is 240 cm³/mol. The Balaban J connectivity index is 4.54. The third-order valence-electron chi connectivity index (χ3n) is 8.29. The SMILES string of the molecule is CC/C=C\C/C=C\C/C=C\C/C=C\C/C=C\CCCC(=O)OC(COC(=O)CCCCCC/C=C\C/C=C\C/C=C\C/C=C\CC)COP(=O)([O-])OCC[N+](C)(C)C. The van der Waals surface area contributed by atoms with E-state index in [-0.39, 0.29) is 26.1 Å². The summed E-state index contributed by atoms with van der Waals surface area (Å²) in [5.74, 6) is -0.945. The second-order valence-corrected chi connectivity index (χ2v) is 16.4. The highest BCUT2D eigenvalue weighted by Gasteiger charge is 2.21. The van der Waals surface area contributed by atoms with Gasteiger partial charge in [-0.05, 0) is 89.9 Å². The number of esters is 2. The van der Waals surface area contributed by atoms with E-state index in [0.717, 1.165) is 83.5 Å². The van der Waals surface area contributed by atoms with Crippen LogP contribution in [-0.4, -0.2) is 70.0 Å². The van der Waals surface area contributed by atoms with Crippen LogP contribution < -0.4 is 4.89 Å². The second kappa shape index (κ2) is 39.1. The molecule has 0 saturated carbocycles. The van der Waals surface area contributed by atoms with E-state index in [1.165, 1.54) is 0 Å². The van der Waals surface area contributed by atoms with Gasteiger partial charge in [0.1, 0.15) is 19.8 Å². The molecule has 2 unspecified atom stereocenters. The number of quaternary nitrogens is 1. The molecular formula is C48H78NO8P. The first-order valence-electron chi connectivity index (χ1n) is 21.6. The minimum Gasteiger partial charge on any atom is -0.756 e. The van der Waals surface area contributed by atoms with Crippen molar-refractivity contribution >= 4 is 19.8 Å². The minimum atomic E-state index is -4.65. The fraction of sp³-hybridized carbons (Fsp3) is 0.583. The maximum absolute atomic E-state index is 12.7. The zero-order valence-electron chi connectivity index (χ0n) is 36.7. The summed E-state index contributed by atoms with van der Waals surface area (Å²) in [7, 11) is 1.09. The molecule has 0 aliphatic carbocycles. The van der Waals surface area contributed by atoms with E-state index >= 15 is 0 Å². The Labute approximate surface area is 353 Å². The normalized spacial score (nSPS) is 14.7. The summed E-state index contributed by atoms with van der Waals surface area (Å²) in [5.41, 5.74) is 0. The summed E-state index contributed by atoms with van der Waals surface area (Å²) in [6, 6.07) is 0. The Morgan fingerprint density at radius 3 is 1.41 bits per heavy atom. The van der Waals surface area contributed by atoms with Crippen LogP contribution in [0.5, 0.6) is 0 Å². The average Bonchev–Trinajstić information content (AvgIpc) is 3.17. The topological polar surface area (TPSA) is 111 Å². The fourth-order valence-electron chi connectivity index (χ4n) is 4.97. The maximum Gasteiger partial charge on any atom is 0.306 e. The van der Waals surface area contributed by atoms with Crippen LogP contribution in [0.4, 0.5) is 0 Å². The molecule has 9 nitrogen and oxygen atoms in total. The van der Waals surface area contributed by atoms with E-state index in [1.807, 2.05) is 27.2 Å². The van der Waals surface area contributed by atoms with Crippen LogP contribution in [-0.2, 0) is 32.7 Å². The van der Waals surface area contributed by atoms with Crippen molar-refractivity contribution in [1.82, 2.24) is 0 Å². The zero-order chi connectivity index (χ0) is 42.8. The van der Waals surface area contributed by atoms with E-state index in [0.29, 0.717) is 30.3 Å². The van der Waals surface area contributed by atoms with Crippen molar-refractivity contribution in [2.45, 2.75) is 136 Å². The van der Waals surface area contributed by atoms with Crippen LogP contribution in [0.15, 0.2) is 109 Å². The lowest BCUT2D eigenvalue weighted by molar-refractivity contribution is -0.870. The number of likely N-dealkylation sites (N-methyl/N-ethyl adjacent to an activating group) is 1. The molecule has 0 heterocycles. The Morgan fingerprint density at radius 1 is 0.534 bits per heavy atom. The zero-order valence-corrected chi connectivity index (χ0v) is 37.6. The third kappa shape index (κ3) is 42.3.